The van der Waals surface area contributed by atoms with Gasteiger partial charge in [0.2, 0.25) is 0 Å². The standard InChI is InChI=1S/C26H28N8O4S/c1-13-19(14(2)33-32-13)21-29-20-17(9-10-27-22(20)30-21)15-7-8-16(18(11-15)39(6,36)37)12-28-23(35)24-31-25(34-38-24)26(3,4)5/h7-11H,12H2,1-6H3,(H,28,35)(H,32,33)(H,27,29,30). The smallest absolute Gasteiger partial charge is 0.315 e. The number of nitrogens with zero attached hydrogens (tertiary/aromatic N) is 5. The maximum atomic E-state index is 12.8. The number of hydrogen-bond acceptors (Lipinski definition) is 9. The summed E-state index contributed by atoms with van der Waals surface area (Å²) in [5.74, 6) is 0.242. The van der Waals surface area contributed by atoms with E-state index in [1.165, 1.54) is 0 Å². The first-order valence-electron chi connectivity index (χ1n) is 12.2. The van der Waals surface area contributed by atoms with E-state index in [-0.39, 0.29) is 22.7 Å². The Morgan fingerprint density at radius 1 is 1.13 bits per heavy atom. The predicted octanol–water partition coefficient (Wildman–Crippen LogP) is 3.65. The molecule has 0 aliphatic carbocycles. The largest absolute Gasteiger partial charge is 0.344 e. The maximum absolute atomic E-state index is 12.8. The normalized spacial score (nSPS) is 12.3. The zero-order valence-corrected chi connectivity index (χ0v) is 23.2. The van der Waals surface area contributed by atoms with Crippen LogP contribution in [0.5, 0.6) is 0 Å². The van der Waals surface area contributed by atoms with Crippen molar-refractivity contribution in [1.82, 2.24) is 40.6 Å². The van der Waals surface area contributed by atoms with Gasteiger partial charge in [0.15, 0.2) is 21.3 Å². The predicted molar refractivity (Wildman–Crippen MR) is 144 cm³/mol. The monoisotopic (exact) mass is 548 g/mol. The fourth-order valence-corrected chi connectivity index (χ4v) is 5.21. The number of benzene rings is 1. The van der Waals surface area contributed by atoms with Crippen LogP contribution in [-0.4, -0.2) is 55.9 Å². The minimum absolute atomic E-state index is 0.0479. The molecular formula is C26H28N8O4S. The van der Waals surface area contributed by atoms with E-state index >= 15 is 0 Å². The van der Waals surface area contributed by atoms with Crippen LogP contribution in [0, 0.1) is 13.8 Å². The Bertz CT molecular complexity index is 1810. The summed E-state index contributed by atoms with van der Waals surface area (Å²) in [6.45, 7) is 9.46. The molecule has 0 spiro atoms. The van der Waals surface area contributed by atoms with Crippen LogP contribution in [0.3, 0.4) is 0 Å². The third-order valence-corrected chi connectivity index (χ3v) is 7.44. The van der Waals surface area contributed by atoms with Gasteiger partial charge in [0.05, 0.1) is 21.7 Å². The van der Waals surface area contributed by atoms with Crippen LogP contribution in [0.25, 0.3) is 33.7 Å². The molecule has 0 radical (unpaired) electrons. The molecule has 0 atom stereocenters. The third kappa shape index (κ3) is 5.04. The van der Waals surface area contributed by atoms with E-state index in [1.54, 1.807) is 30.5 Å². The lowest BCUT2D eigenvalue weighted by Gasteiger charge is -2.12. The van der Waals surface area contributed by atoms with E-state index in [4.69, 9.17) is 4.52 Å². The molecule has 0 fully saturated rings. The highest BCUT2D eigenvalue weighted by Gasteiger charge is 2.24. The van der Waals surface area contributed by atoms with Gasteiger partial charge in [0.1, 0.15) is 5.82 Å². The highest BCUT2D eigenvalue weighted by atomic mass is 32.2. The molecule has 0 aliphatic heterocycles. The summed E-state index contributed by atoms with van der Waals surface area (Å²) >= 11 is 0. The Balaban J connectivity index is 1.48. The van der Waals surface area contributed by atoms with Crippen LogP contribution >= 0.6 is 0 Å². The number of hydrogen-bond donors (Lipinski definition) is 3. The van der Waals surface area contributed by atoms with Crippen molar-refractivity contribution in [3.63, 3.8) is 0 Å². The topological polar surface area (TPSA) is 172 Å². The molecule has 1 amide bonds. The van der Waals surface area contributed by atoms with Crippen molar-refractivity contribution in [3.05, 3.63) is 59.1 Å². The van der Waals surface area contributed by atoms with Crippen LogP contribution in [0.15, 0.2) is 39.9 Å². The quantitative estimate of drug-likeness (QED) is 0.286. The van der Waals surface area contributed by atoms with E-state index < -0.39 is 15.7 Å². The van der Waals surface area contributed by atoms with Gasteiger partial charge in [-0.05, 0) is 37.1 Å². The van der Waals surface area contributed by atoms with Gasteiger partial charge < -0.3 is 14.8 Å². The first kappa shape index (κ1) is 26.2. The average Bonchev–Trinajstić information content (AvgIpc) is 3.59. The van der Waals surface area contributed by atoms with Crippen LogP contribution in [0.2, 0.25) is 0 Å². The molecule has 4 heterocycles. The number of aromatic nitrogens is 7. The molecule has 5 rings (SSSR count). The molecular weight excluding hydrogens is 520 g/mol. The highest BCUT2D eigenvalue weighted by Crippen LogP contribution is 2.32. The van der Waals surface area contributed by atoms with E-state index in [0.29, 0.717) is 33.9 Å². The highest BCUT2D eigenvalue weighted by molar-refractivity contribution is 7.90. The van der Waals surface area contributed by atoms with Crippen LogP contribution in [-0.2, 0) is 21.8 Å². The number of carbonyl (C=O) groups is 1. The second-order valence-electron chi connectivity index (χ2n) is 10.4. The Labute approximate surface area is 224 Å². The van der Waals surface area contributed by atoms with Gasteiger partial charge in [-0.25, -0.2) is 18.4 Å². The molecule has 12 nitrogen and oxygen atoms in total. The molecule has 3 N–H and O–H groups in total. The summed E-state index contributed by atoms with van der Waals surface area (Å²) in [6.07, 6.45) is 2.76. The Hall–Kier alpha value is -4.39. The molecule has 13 heteroatoms. The number of aryl methyl sites for hydroxylation is 2. The second-order valence-corrected chi connectivity index (χ2v) is 12.4. The minimum atomic E-state index is -3.64. The fourth-order valence-electron chi connectivity index (χ4n) is 4.25. The SMILES string of the molecule is Cc1n[nH]c(C)c1-c1nc2nccc(-c3ccc(CNC(=O)c4nc(C(C)(C)C)no4)c(S(C)(=O)=O)c3)c2[nH]1. The molecule has 5 aromatic rings. The van der Waals surface area contributed by atoms with Crippen molar-refractivity contribution in [2.45, 2.75) is 51.5 Å². The van der Waals surface area contributed by atoms with Gasteiger partial charge in [-0.15, -0.1) is 0 Å². The third-order valence-electron chi connectivity index (χ3n) is 6.27. The van der Waals surface area contributed by atoms with Gasteiger partial charge in [-0.2, -0.15) is 10.1 Å². The maximum Gasteiger partial charge on any atom is 0.315 e. The first-order valence-corrected chi connectivity index (χ1v) is 14.0. The number of pyridine rings is 1. The van der Waals surface area contributed by atoms with Gasteiger partial charge in [0.25, 0.3) is 0 Å². The number of nitrogens with one attached hydrogen (secondary N) is 3. The molecule has 0 bridgehead atoms. The number of rotatable bonds is 6. The van der Waals surface area contributed by atoms with E-state index in [1.807, 2.05) is 34.6 Å². The summed E-state index contributed by atoms with van der Waals surface area (Å²) in [5, 5.41) is 13.7. The summed E-state index contributed by atoms with van der Waals surface area (Å²) in [6, 6.07) is 6.86. The molecule has 0 unspecified atom stereocenters. The fraction of sp³-hybridized carbons (Fsp3) is 0.308. The van der Waals surface area contributed by atoms with Crippen LogP contribution in [0.4, 0.5) is 0 Å². The van der Waals surface area contributed by atoms with Gasteiger partial charge in [0, 0.05) is 35.7 Å². The van der Waals surface area contributed by atoms with Gasteiger partial charge in [-0.1, -0.05) is 38.1 Å². The van der Waals surface area contributed by atoms with Gasteiger partial charge >= 0.3 is 11.8 Å². The molecule has 4 aromatic heterocycles. The lowest BCUT2D eigenvalue weighted by molar-refractivity contribution is 0.0906. The molecule has 39 heavy (non-hydrogen) atoms. The molecule has 0 saturated heterocycles. The zero-order chi connectivity index (χ0) is 28.1. The number of sulfone groups is 1. The second kappa shape index (κ2) is 9.42. The van der Waals surface area contributed by atoms with Crippen molar-refractivity contribution >= 4 is 26.9 Å². The van der Waals surface area contributed by atoms with Crippen molar-refractivity contribution in [1.29, 1.82) is 0 Å². The Morgan fingerprint density at radius 3 is 2.54 bits per heavy atom. The number of carbonyl (C=O) groups excluding carboxylic acids is 1. The molecule has 202 valence electrons. The van der Waals surface area contributed by atoms with Crippen molar-refractivity contribution in [2.75, 3.05) is 6.26 Å². The number of imidazole rings is 1. The van der Waals surface area contributed by atoms with E-state index in [0.717, 1.165) is 28.8 Å². The number of amides is 1. The lowest BCUT2D eigenvalue weighted by Crippen LogP contribution is -2.24. The number of aromatic amines is 2. The van der Waals surface area contributed by atoms with Crippen molar-refractivity contribution in [3.8, 4) is 22.5 Å². The minimum Gasteiger partial charge on any atom is -0.344 e. The average molecular weight is 549 g/mol. The van der Waals surface area contributed by atoms with Crippen LogP contribution < -0.4 is 5.32 Å². The summed E-state index contributed by atoms with van der Waals surface area (Å²) in [7, 11) is -3.64. The Morgan fingerprint density at radius 2 is 1.90 bits per heavy atom. The van der Waals surface area contributed by atoms with E-state index in [2.05, 4.69) is 40.6 Å². The summed E-state index contributed by atoms with van der Waals surface area (Å²) < 4.78 is 30.6. The molecule has 0 aliphatic rings. The zero-order valence-electron chi connectivity index (χ0n) is 22.4. The van der Waals surface area contributed by atoms with Crippen molar-refractivity contribution in [2.24, 2.45) is 0 Å². The lowest BCUT2D eigenvalue weighted by atomic mass is 9.96. The number of H-pyrrole nitrogens is 2. The Kier molecular flexibility index (Phi) is 6.33. The summed E-state index contributed by atoms with van der Waals surface area (Å²) in [4.78, 5) is 29.2. The van der Waals surface area contributed by atoms with Crippen molar-refractivity contribution < 1.29 is 17.7 Å². The first-order chi connectivity index (χ1) is 18.3. The molecule has 1 aromatic carbocycles. The molecule has 0 saturated carbocycles. The van der Waals surface area contributed by atoms with Crippen LogP contribution in [0.1, 0.15) is 54.2 Å². The number of fused-ring (bicyclic) bond motifs is 1. The summed E-state index contributed by atoms with van der Waals surface area (Å²) in [5.41, 5.74) is 5.11. The van der Waals surface area contributed by atoms with E-state index in [9.17, 15) is 13.2 Å². The van der Waals surface area contributed by atoms with Gasteiger partial charge in [-0.3, -0.25) is 9.89 Å².